The van der Waals surface area contributed by atoms with Crippen molar-refractivity contribution in [3.05, 3.63) is 68.3 Å². The van der Waals surface area contributed by atoms with E-state index in [0.29, 0.717) is 6.42 Å². The van der Waals surface area contributed by atoms with Crippen molar-refractivity contribution in [3.8, 4) is 0 Å². The Labute approximate surface area is 167 Å². The van der Waals surface area contributed by atoms with Gasteiger partial charge in [0.15, 0.2) is 9.84 Å². The van der Waals surface area contributed by atoms with Crippen LogP contribution in [0.1, 0.15) is 27.2 Å². The van der Waals surface area contributed by atoms with Crippen LogP contribution in [0.3, 0.4) is 0 Å². The molecular formula is C19H20N2O3S3. The number of sulfone groups is 1. The van der Waals surface area contributed by atoms with E-state index >= 15 is 0 Å². The summed E-state index contributed by atoms with van der Waals surface area (Å²) >= 11 is 3.20. The maximum absolute atomic E-state index is 12.6. The SMILES string of the molecule is Cc1csc(C(Cc2cccs2)NC(=O)Cc2ccc(S(C)(=O)=O)cc2)n1. The molecule has 0 aliphatic rings. The fourth-order valence-corrected chi connectivity index (χ4v) is 4.88. The Bertz CT molecular complexity index is 1010. The Balaban J connectivity index is 1.70. The van der Waals surface area contributed by atoms with E-state index in [4.69, 9.17) is 0 Å². The summed E-state index contributed by atoms with van der Waals surface area (Å²) in [4.78, 5) is 18.5. The summed E-state index contributed by atoms with van der Waals surface area (Å²) in [6.07, 6.45) is 2.05. The van der Waals surface area contributed by atoms with Gasteiger partial charge >= 0.3 is 0 Å². The molecule has 0 saturated carbocycles. The van der Waals surface area contributed by atoms with Crippen LogP contribution in [0, 0.1) is 6.92 Å². The zero-order chi connectivity index (χ0) is 19.4. The lowest BCUT2D eigenvalue weighted by atomic mass is 10.1. The summed E-state index contributed by atoms with van der Waals surface area (Å²) in [5.41, 5.74) is 1.71. The molecule has 0 fully saturated rings. The standard InChI is InChI=1S/C19H20N2O3S3/c1-13-12-26-19(20-13)17(11-15-4-3-9-25-15)21-18(22)10-14-5-7-16(8-6-14)27(2,23)24/h3-9,12,17H,10-11H2,1-2H3,(H,21,22). The normalized spacial score (nSPS) is 12.7. The Kier molecular flexibility index (Phi) is 6.08. The van der Waals surface area contributed by atoms with E-state index in [1.54, 1.807) is 34.8 Å². The lowest BCUT2D eigenvalue weighted by molar-refractivity contribution is -0.121. The molecule has 5 nitrogen and oxygen atoms in total. The quantitative estimate of drug-likeness (QED) is 0.634. The van der Waals surface area contributed by atoms with Gasteiger partial charge in [0.25, 0.3) is 0 Å². The van der Waals surface area contributed by atoms with Crippen LogP contribution in [0.5, 0.6) is 0 Å². The molecule has 1 amide bonds. The summed E-state index contributed by atoms with van der Waals surface area (Å²) in [5.74, 6) is -0.114. The van der Waals surface area contributed by atoms with Crippen LogP contribution in [0.15, 0.2) is 52.1 Å². The molecule has 2 aromatic heterocycles. The predicted molar refractivity (Wildman–Crippen MR) is 109 cm³/mol. The first-order valence-corrected chi connectivity index (χ1v) is 12.0. The average molecular weight is 421 g/mol. The minimum absolute atomic E-state index is 0.114. The van der Waals surface area contributed by atoms with Gasteiger partial charge in [-0.1, -0.05) is 18.2 Å². The molecule has 1 aromatic carbocycles. The number of hydrogen-bond donors (Lipinski definition) is 1. The fourth-order valence-electron chi connectivity index (χ4n) is 2.65. The second-order valence-electron chi connectivity index (χ2n) is 6.32. The van der Waals surface area contributed by atoms with Crippen LogP contribution in [0.25, 0.3) is 0 Å². The lowest BCUT2D eigenvalue weighted by Crippen LogP contribution is -2.31. The first-order chi connectivity index (χ1) is 12.8. The van der Waals surface area contributed by atoms with E-state index < -0.39 is 9.84 Å². The van der Waals surface area contributed by atoms with Crippen molar-refractivity contribution in [2.75, 3.05) is 6.26 Å². The Morgan fingerprint density at radius 2 is 1.93 bits per heavy atom. The second kappa shape index (κ2) is 8.33. The van der Waals surface area contributed by atoms with Gasteiger partial charge in [0, 0.05) is 28.6 Å². The van der Waals surface area contributed by atoms with Gasteiger partial charge < -0.3 is 5.32 Å². The van der Waals surface area contributed by atoms with Crippen molar-refractivity contribution < 1.29 is 13.2 Å². The van der Waals surface area contributed by atoms with Gasteiger partial charge in [0.1, 0.15) is 5.01 Å². The number of carbonyl (C=O) groups excluding carboxylic acids is 1. The van der Waals surface area contributed by atoms with Gasteiger partial charge in [-0.2, -0.15) is 0 Å². The van der Waals surface area contributed by atoms with E-state index in [9.17, 15) is 13.2 Å². The van der Waals surface area contributed by atoms with Crippen molar-refractivity contribution >= 4 is 38.4 Å². The van der Waals surface area contributed by atoms with Crippen molar-refractivity contribution in [2.24, 2.45) is 0 Å². The topological polar surface area (TPSA) is 76.1 Å². The van der Waals surface area contributed by atoms with Gasteiger partial charge in [0.2, 0.25) is 5.91 Å². The number of aromatic nitrogens is 1. The Morgan fingerprint density at radius 1 is 1.19 bits per heavy atom. The maximum atomic E-state index is 12.6. The van der Waals surface area contributed by atoms with Crippen LogP contribution in [-0.2, 0) is 27.5 Å². The number of aryl methyl sites for hydroxylation is 1. The monoisotopic (exact) mass is 420 g/mol. The van der Waals surface area contributed by atoms with E-state index in [1.165, 1.54) is 23.3 Å². The summed E-state index contributed by atoms with van der Waals surface area (Å²) in [6.45, 7) is 1.94. The van der Waals surface area contributed by atoms with Crippen LogP contribution < -0.4 is 5.32 Å². The molecule has 1 unspecified atom stereocenters. The van der Waals surface area contributed by atoms with E-state index in [0.717, 1.165) is 16.3 Å². The number of rotatable bonds is 7. The van der Waals surface area contributed by atoms with Crippen LogP contribution >= 0.6 is 22.7 Å². The Hall–Kier alpha value is -2.03. The highest BCUT2D eigenvalue weighted by Crippen LogP contribution is 2.24. The molecule has 8 heteroatoms. The molecule has 27 heavy (non-hydrogen) atoms. The number of nitrogens with zero attached hydrogens (tertiary/aromatic N) is 1. The molecule has 3 rings (SSSR count). The fraction of sp³-hybridized carbons (Fsp3) is 0.263. The molecule has 2 heterocycles. The molecule has 142 valence electrons. The average Bonchev–Trinajstić information content (AvgIpc) is 3.25. The second-order valence-corrected chi connectivity index (χ2v) is 10.3. The van der Waals surface area contributed by atoms with Gasteiger partial charge in [-0.05, 0) is 36.1 Å². The smallest absolute Gasteiger partial charge is 0.224 e. The van der Waals surface area contributed by atoms with Crippen molar-refractivity contribution in [1.82, 2.24) is 10.3 Å². The van der Waals surface area contributed by atoms with Gasteiger partial charge in [-0.15, -0.1) is 22.7 Å². The molecule has 1 N–H and O–H groups in total. The molecule has 0 bridgehead atoms. The van der Waals surface area contributed by atoms with Crippen LogP contribution in [-0.4, -0.2) is 25.6 Å². The van der Waals surface area contributed by atoms with Crippen molar-refractivity contribution in [3.63, 3.8) is 0 Å². The molecule has 0 saturated heterocycles. The first kappa shape index (κ1) is 19.7. The summed E-state index contributed by atoms with van der Waals surface area (Å²) in [6, 6.07) is 10.3. The highest BCUT2D eigenvalue weighted by molar-refractivity contribution is 7.90. The number of amides is 1. The molecule has 0 aliphatic carbocycles. The zero-order valence-corrected chi connectivity index (χ0v) is 17.5. The molecular weight excluding hydrogens is 400 g/mol. The number of benzene rings is 1. The third kappa shape index (κ3) is 5.47. The Morgan fingerprint density at radius 3 is 2.48 bits per heavy atom. The largest absolute Gasteiger partial charge is 0.346 e. The summed E-state index contributed by atoms with van der Waals surface area (Å²) in [5, 5.41) is 7.96. The number of carbonyl (C=O) groups is 1. The number of thiazole rings is 1. The van der Waals surface area contributed by atoms with Gasteiger partial charge in [-0.3, -0.25) is 4.79 Å². The summed E-state index contributed by atoms with van der Waals surface area (Å²) in [7, 11) is -3.24. The number of hydrogen-bond acceptors (Lipinski definition) is 6. The van der Waals surface area contributed by atoms with Gasteiger partial charge in [-0.25, -0.2) is 13.4 Å². The van der Waals surface area contributed by atoms with E-state index in [1.807, 2.05) is 29.8 Å². The van der Waals surface area contributed by atoms with Crippen molar-refractivity contribution in [1.29, 1.82) is 0 Å². The minimum Gasteiger partial charge on any atom is -0.346 e. The van der Waals surface area contributed by atoms with Crippen LogP contribution in [0.2, 0.25) is 0 Å². The third-order valence-electron chi connectivity index (χ3n) is 3.97. The van der Waals surface area contributed by atoms with E-state index in [2.05, 4.69) is 10.3 Å². The highest BCUT2D eigenvalue weighted by atomic mass is 32.2. The summed E-state index contributed by atoms with van der Waals surface area (Å²) < 4.78 is 23.1. The van der Waals surface area contributed by atoms with Crippen LogP contribution in [0.4, 0.5) is 0 Å². The number of nitrogens with one attached hydrogen (secondary N) is 1. The number of thiophene rings is 1. The molecule has 0 radical (unpaired) electrons. The molecule has 0 spiro atoms. The predicted octanol–water partition coefficient (Wildman–Crippen LogP) is 3.56. The third-order valence-corrected chi connectivity index (χ3v) is 7.08. The van der Waals surface area contributed by atoms with Gasteiger partial charge in [0.05, 0.1) is 17.4 Å². The first-order valence-electron chi connectivity index (χ1n) is 8.34. The van der Waals surface area contributed by atoms with Crippen molar-refractivity contribution in [2.45, 2.75) is 30.7 Å². The minimum atomic E-state index is -3.24. The molecule has 0 aliphatic heterocycles. The zero-order valence-electron chi connectivity index (χ0n) is 15.0. The lowest BCUT2D eigenvalue weighted by Gasteiger charge is -2.16. The molecule has 1 atom stereocenters. The highest BCUT2D eigenvalue weighted by Gasteiger charge is 2.19. The van der Waals surface area contributed by atoms with E-state index in [-0.39, 0.29) is 23.3 Å². The molecule has 3 aromatic rings. The maximum Gasteiger partial charge on any atom is 0.224 e.